The van der Waals surface area contributed by atoms with Crippen molar-refractivity contribution in [1.82, 2.24) is 15.3 Å². The highest BCUT2D eigenvalue weighted by molar-refractivity contribution is 8.00. The maximum absolute atomic E-state index is 11.8. The standard InChI is InChI=1S/C17H15N3O2S/c1-2-9-18-15(21)11-23-17-12-6-3-4-7-13(12)19-16(20-17)14-8-5-10-22-14/h2-8,10H,1,9,11H2,(H,18,21). The lowest BCUT2D eigenvalue weighted by Gasteiger charge is -2.07. The van der Waals surface area contributed by atoms with Gasteiger partial charge < -0.3 is 9.73 Å². The summed E-state index contributed by atoms with van der Waals surface area (Å²) in [6.45, 7) is 4.04. The Morgan fingerprint density at radius 1 is 1.26 bits per heavy atom. The molecular weight excluding hydrogens is 310 g/mol. The van der Waals surface area contributed by atoms with Crippen LogP contribution in [0.3, 0.4) is 0 Å². The van der Waals surface area contributed by atoms with Crippen molar-refractivity contribution in [3.8, 4) is 11.6 Å². The third-order valence-corrected chi connectivity index (χ3v) is 4.08. The van der Waals surface area contributed by atoms with Crippen molar-refractivity contribution in [2.24, 2.45) is 0 Å². The highest BCUT2D eigenvalue weighted by atomic mass is 32.2. The molecule has 0 saturated carbocycles. The maximum atomic E-state index is 11.8. The van der Waals surface area contributed by atoms with Crippen LogP contribution in [0.25, 0.3) is 22.5 Å². The summed E-state index contributed by atoms with van der Waals surface area (Å²) >= 11 is 1.38. The molecule has 3 aromatic rings. The van der Waals surface area contributed by atoms with Gasteiger partial charge >= 0.3 is 0 Å². The van der Waals surface area contributed by atoms with Crippen molar-refractivity contribution in [3.63, 3.8) is 0 Å². The molecule has 1 aromatic carbocycles. The van der Waals surface area contributed by atoms with Crippen LogP contribution < -0.4 is 5.32 Å². The highest BCUT2D eigenvalue weighted by Gasteiger charge is 2.12. The fourth-order valence-electron chi connectivity index (χ4n) is 2.04. The molecule has 2 heterocycles. The number of hydrogen-bond donors (Lipinski definition) is 1. The molecule has 2 aromatic heterocycles. The van der Waals surface area contributed by atoms with Gasteiger partial charge in [0.25, 0.3) is 0 Å². The maximum Gasteiger partial charge on any atom is 0.230 e. The fourth-order valence-corrected chi connectivity index (χ4v) is 2.89. The molecule has 0 saturated heterocycles. The van der Waals surface area contributed by atoms with Gasteiger partial charge in [0.15, 0.2) is 11.6 Å². The van der Waals surface area contributed by atoms with Crippen LogP contribution in [0.1, 0.15) is 0 Å². The van der Waals surface area contributed by atoms with Crippen molar-refractivity contribution in [1.29, 1.82) is 0 Å². The van der Waals surface area contributed by atoms with E-state index in [0.717, 1.165) is 15.9 Å². The summed E-state index contributed by atoms with van der Waals surface area (Å²) in [5.41, 5.74) is 0.822. The zero-order valence-electron chi connectivity index (χ0n) is 12.4. The second-order valence-corrected chi connectivity index (χ2v) is 5.69. The van der Waals surface area contributed by atoms with Crippen LogP contribution >= 0.6 is 11.8 Å². The number of benzene rings is 1. The quantitative estimate of drug-likeness (QED) is 0.428. The average molecular weight is 325 g/mol. The Morgan fingerprint density at radius 3 is 2.91 bits per heavy atom. The summed E-state index contributed by atoms with van der Waals surface area (Å²) in [6.07, 6.45) is 3.24. The number of nitrogens with zero attached hydrogens (tertiary/aromatic N) is 2. The van der Waals surface area contributed by atoms with Crippen molar-refractivity contribution in [2.45, 2.75) is 5.03 Å². The first-order valence-electron chi connectivity index (χ1n) is 7.09. The largest absolute Gasteiger partial charge is 0.461 e. The lowest BCUT2D eigenvalue weighted by molar-refractivity contribution is -0.118. The minimum Gasteiger partial charge on any atom is -0.461 e. The van der Waals surface area contributed by atoms with Gasteiger partial charge in [-0.3, -0.25) is 4.79 Å². The monoisotopic (exact) mass is 325 g/mol. The number of thioether (sulfide) groups is 1. The molecule has 23 heavy (non-hydrogen) atoms. The summed E-state index contributed by atoms with van der Waals surface area (Å²) in [4.78, 5) is 20.9. The van der Waals surface area contributed by atoms with Crippen LogP contribution in [0.4, 0.5) is 0 Å². The van der Waals surface area contributed by atoms with Gasteiger partial charge in [-0.1, -0.05) is 36.0 Å². The van der Waals surface area contributed by atoms with Gasteiger partial charge in [-0.25, -0.2) is 9.97 Å². The lowest BCUT2D eigenvalue weighted by atomic mass is 10.2. The van der Waals surface area contributed by atoms with Gasteiger partial charge in [0.1, 0.15) is 5.03 Å². The molecular formula is C17H15N3O2S. The number of para-hydroxylation sites is 1. The summed E-state index contributed by atoms with van der Waals surface area (Å²) in [5, 5.41) is 4.43. The molecule has 1 N–H and O–H groups in total. The number of carbonyl (C=O) groups is 1. The van der Waals surface area contributed by atoms with Crippen LogP contribution in [0.5, 0.6) is 0 Å². The number of hydrogen-bond acceptors (Lipinski definition) is 5. The minimum atomic E-state index is -0.0582. The second kappa shape index (κ2) is 7.11. The summed E-state index contributed by atoms with van der Waals surface area (Å²) in [7, 11) is 0. The summed E-state index contributed by atoms with van der Waals surface area (Å²) in [6, 6.07) is 11.3. The van der Waals surface area contributed by atoms with Crippen LogP contribution in [-0.2, 0) is 4.79 Å². The number of rotatable bonds is 6. The van der Waals surface area contributed by atoms with Gasteiger partial charge in [-0.15, -0.1) is 6.58 Å². The first kappa shape index (κ1) is 15.3. The Bertz CT molecular complexity index is 831. The normalized spacial score (nSPS) is 10.6. The van der Waals surface area contributed by atoms with Gasteiger partial charge in [0, 0.05) is 11.9 Å². The number of aromatic nitrogens is 2. The first-order chi connectivity index (χ1) is 11.3. The van der Waals surface area contributed by atoms with E-state index in [4.69, 9.17) is 4.42 Å². The Balaban J connectivity index is 1.91. The van der Waals surface area contributed by atoms with Crippen molar-refractivity contribution >= 4 is 28.6 Å². The van der Waals surface area contributed by atoms with E-state index < -0.39 is 0 Å². The molecule has 0 spiro atoms. The Hall–Kier alpha value is -2.60. The molecule has 0 bridgehead atoms. The average Bonchev–Trinajstić information content (AvgIpc) is 3.12. The van der Waals surface area contributed by atoms with Gasteiger partial charge in [-0.05, 0) is 18.2 Å². The van der Waals surface area contributed by atoms with E-state index in [1.807, 2.05) is 30.3 Å². The SMILES string of the molecule is C=CCNC(=O)CSc1nc(-c2ccco2)nc2ccccc12. The van der Waals surface area contributed by atoms with Crippen molar-refractivity contribution in [2.75, 3.05) is 12.3 Å². The third kappa shape index (κ3) is 3.60. The lowest BCUT2D eigenvalue weighted by Crippen LogP contribution is -2.24. The molecule has 1 amide bonds. The first-order valence-corrected chi connectivity index (χ1v) is 8.07. The molecule has 0 fully saturated rings. The van der Waals surface area contributed by atoms with E-state index in [1.54, 1.807) is 18.4 Å². The minimum absolute atomic E-state index is 0.0582. The van der Waals surface area contributed by atoms with Crippen molar-refractivity contribution in [3.05, 3.63) is 55.3 Å². The predicted octanol–water partition coefficient (Wildman–Crippen LogP) is 3.28. The molecule has 116 valence electrons. The van der Waals surface area contributed by atoms with Gasteiger partial charge in [0.05, 0.1) is 17.5 Å². The van der Waals surface area contributed by atoms with E-state index in [2.05, 4.69) is 21.9 Å². The van der Waals surface area contributed by atoms with Crippen LogP contribution in [-0.4, -0.2) is 28.2 Å². The third-order valence-electron chi connectivity index (χ3n) is 3.09. The number of carbonyl (C=O) groups excluding carboxylic acids is 1. The number of nitrogens with one attached hydrogen (secondary N) is 1. The van der Waals surface area contributed by atoms with E-state index in [1.165, 1.54) is 11.8 Å². The number of furan rings is 1. The molecule has 0 radical (unpaired) electrons. The topological polar surface area (TPSA) is 68.0 Å². The van der Waals surface area contributed by atoms with Crippen LogP contribution in [0, 0.1) is 0 Å². The highest BCUT2D eigenvalue weighted by Crippen LogP contribution is 2.28. The van der Waals surface area contributed by atoms with E-state index in [0.29, 0.717) is 18.1 Å². The molecule has 5 nitrogen and oxygen atoms in total. The number of amides is 1. The van der Waals surface area contributed by atoms with Crippen molar-refractivity contribution < 1.29 is 9.21 Å². The van der Waals surface area contributed by atoms with Crippen LogP contribution in [0.15, 0.2) is 64.8 Å². The van der Waals surface area contributed by atoms with E-state index in [-0.39, 0.29) is 11.7 Å². The Morgan fingerprint density at radius 2 is 2.13 bits per heavy atom. The van der Waals surface area contributed by atoms with Gasteiger partial charge in [0.2, 0.25) is 5.91 Å². The molecule has 0 aliphatic carbocycles. The van der Waals surface area contributed by atoms with E-state index >= 15 is 0 Å². The Labute approximate surface area is 137 Å². The summed E-state index contributed by atoms with van der Waals surface area (Å²) < 4.78 is 5.38. The molecule has 0 unspecified atom stereocenters. The predicted molar refractivity (Wildman–Crippen MR) is 91.2 cm³/mol. The molecule has 0 aliphatic rings. The molecule has 0 atom stereocenters. The zero-order chi connectivity index (χ0) is 16.1. The molecule has 0 aliphatic heterocycles. The van der Waals surface area contributed by atoms with Gasteiger partial charge in [-0.2, -0.15) is 0 Å². The Kier molecular flexibility index (Phi) is 4.73. The fraction of sp³-hybridized carbons (Fsp3) is 0.118. The van der Waals surface area contributed by atoms with E-state index in [9.17, 15) is 4.79 Å². The molecule has 3 rings (SSSR count). The smallest absolute Gasteiger partial charge is 0.230 e. The zero-order valence-corrected chi connectivity index (χ0v) is 13.2. The molecule has 6 heteroatoms. The van der Waals surface area contributed by atoms with Crippen LogP contribution in [0.2, 0.25) is 0 Å². The second-order valence-electron chi connectivity index (χ2n) is 4.73. The number of fused-ring (bicyclic) bond motifs is 1. The summed E-state index contributed by atoms with van der Waals surface area (Å²) in [5.74, 6) is 1.35.